The molecule has 0 radical (unpaired) electrons. The average molecular weight is 265 g/mol. The summed E-state index contributed by atoms with van der Waals surface area (Å²) < 4.78 is 0. The van der Waals surface area contributed by atoms with E-state index in [1.54, 1.807) is 5.57 Å². The van der Waals surface area contributed by atoms with Crippen LogP contribution in [-0.2, 0) is 0 Å². The fraction of sp³-hybridized carbons (Fsp3) is 0.875. The van der Waals surface area contributed by atoms with Crippen molar-refractivity contribution in [2.75, 3.05) is 40.8 Å². The number of nitrogens with one attached hydrogen (secondary N) is 1. The van der Waals surface area contributed by atoms with Crippen LogP contribution in [-0.4, -0.2) is 62.7 Å². The van der Waals surface area contributed by atoms with Gasteiger partial charge in [-0.25, -0.2) is 0 Å². The second-order valence-electron chi connectivity index (χ2n) is 6.31. The van der Waals surface area contributed by atoms with E-state index in [9.17, 15) is 0 Å². The summed E-state index contributed by atoms with van der Waals surface area (Å²) in [5.41, 5.74) is 1.66. The standard InChI is InChI=1S/C16H31N3/c1-17-16(14-9-6-4-5-7-10-14)15-13-18(2)11-8-12-19(15)3/h9,15-17H,4-8,10-13H2,1-3H3. The quantitative estimate of drug-likeness (QED) is 0.789. The third-order valence-corrected chi connectivity index (χ3v) is 4.79. The Labute approximate surface area is 119 Å². The molecule has 0 amide bonds. The molecule has 0 aromatic rings. The molecule has 0 saturated carbocycles. The van der Waals surface area contributed by atoms with E-state index in [4.69, 9.17) is 0 Å². The topological polar surface area (TPSA) is 18.5 Å². The van der Waals surface area contributed by atoms with Gasteiger partial charge in [0.2, 0.25) is 0 Å². The summed E-state index contributed by atoms with van der Waals surface area (Å²) in [5.74, 6) is 0. The van der Waals surface area contributed by atoms with Crippen LogP contribution in [0.4, 0.5) is 0 Å². The Balaban J connectivity index is 2.11. The molecule has 2 atom stereocenters. The minimum Gasteiger partial charge on any atom is -0.312 e. The highest BCUT2D eigenvalue weighted by molar-refractivity contribution is 5.16. The van der Waals surface area contributed by atoms with Crippen LogP contribution >= 0.6 is 0 Å². The van der Waals surface area contributed by atoms with E-state index >= 15 is 0 Å². The molecule has 2 aliphatic rings. The highest BCUT2D eigenvalue weighted by atomic mass is 15.2. The summed E-state index contributed by atoms with van der Waals surface area (Å²) in [5, 5.41) is 3.61. The van der Waals surface area contributed by atoms with E-state index in [2.05, 4.69) is 42.3 Å². The first-order valence-electron chi connectivity index (χ1n) is 7.97. The first kappa shape index (κ1) is 15.0. The molecule has 0 bridgehead atoms. The normalized spacial score (nSPS) is 29.4. The van der Waals surface area contributed by atoms with Gasteiger partial charge in [-0.15, -0.1) is 0 Å². The van der Waals surface area contributed by atoms with Crippen LogP contribution in [0.2, 0.25) is 0 Å². The molecule has 0 spiro atoms. The van der Waals surface area contributed by atoms with Crippen molar-refractivity contribution in [1.82, 2.24) is 15.1 Å². The van der Waals surface area contributed by atoms with Crippen molar-refractivity contribution in [2.24, 2.45) is 0 Å². The van der Waals surface area contributed by atoms with Crippen molar-refractivity contribution in [2.45, 2.75) is 50.6 Å². The lowest BCUT2D eigenvalue weighted by Gasteiger charge is -2.36. The molecule has 1 heterocycles. The van der Waals surface area contributed by atoms with E-state index in [-0.39, 0.29) is 0 Å². The van der Waals surface area contributed by atoms with Gasteiger partial charge in [-0.1, -0.05) is 18.1 Å². The van der Waals surface area contributed by atoms with Gasteiger partial charge < -0.3 is 15.1 Å². The lowest BCUT2D eigenvalue weighted by molar-refractivity contribution is 0.193. The van der Waals surface area contributed by atoms with E-state index in [1.807, 2.05) is 0 Å². The Kier molecular flexibility index (Phi) is 5.86. The zero-order valence-electron chi connectivity index (χ0n) is 13.0. The Morgan fingerprint density at radius 3 is 2.79 bits per heavy atom. The van der Waals surface area contributed by atoms with E-state index in [1.165, 1.54) is 58.2 Å². The zero-order chi connectivity index (χ0) is 13.7. The van der Waals surface area contributed by atoms with Crippen molar-refractivity contribution in [1.29, 1.82) is 0 Å². The second kappa shape index (κ2) is 7.41. The molecule has 0 aromatic carbocycles. The van der Waals surface area contributed by atoms with E-state index in [0.29, 0.717) is 12.1 Å². The average Bonchev–Trinajstić information content (AvgIpc) is 2.74. The molecular formula is C16H31N3. The predicted molar refractivity (Wildman–Crippen MR) is 82.5 cm³/mol. The zero-order valence-corrected chi connectivity index (χ0v) is 13.0. The van der Waals surface area contributed by atoms with Gasteiger partial charge in [-0.3, -0.25) is 0 Å². The molecule has 1 aliphatic carbocycles. The first-order valence-corrected chi connectivity index (χ1v) is 7.97. The lowest BCUT2D eigenvalue weighted by atomic mass is 9.94. The number of allylic oxidation sites excluding steroid dienone is 1. The lowest BCUT2D eigenvalue weighted by Crippen LogP contribution is -2.52. The molecule has 2 rings (SSSR count). The van der Waals surface area contributed by atoms with Crippen LogP contribution in [0, 0.1) is 0 Å². The van der Waals surface area contributed by atoms with Gasteiger partial charge in [0, 0.05) is 18.6 Å². The smallest absolute Gasteiger partial charge is 0.0447 e. The maximum atomic E-state index is 3.61. The molecule has 3 heteroatoms. The van der Waals surface area contributed by atoms with Crippen LogP contribution in [0.5, 0.6) is 0 Å². The van der Waals surface area contributed by atoms with Gasteiger partial charge in [0.1, 0.15) is 0 Å². The third-order valence-electron chi connectivity index (χ3n) is 4.79. The molecule has 1 saturated heterocycles. The Morgan fingerprint density at radius 1 is 1.16 bits per heavy atom. The molecule has 0 aromatic heterocycles. The minimum atomic E-state index is 0.531. The predicted octanol–water partition coefficient (Wildman–Crippen LogP) is 2.10. The number of hydrogen-bond donors (Lipinski definition) is 1. The fourth-order valence-corrected chi connectivity index (χ4v) is 3.61. The maximum Gasteiger partial charge on any atom is 0.0447 e. The van der Waals surface area contributed by atoms with Crippen molar-refractivity contribution < 1.29 is 0 Å². The summed E-state index contributed by atoms with van der Waals surface area (Å²) >= 11 is 0. The van der Waals surface area contributed by atoms with Gasteiger partial charge in [-0.05, 0) is 66.3 Å². The summed E-state index contributed by atoms with van der Waals surface area (Å²) in [6.45, 7) is 3.64. The number of rotatable bonds is 3. The van der Waals surface area contributed by atoms with Crippen molar-refractivity contribution >= 4 is 0 Å². The highest BCUT2D eigenvalue weighted by Crippen LogP contribution is 2.24. The van der Waals surface area contributed by atoms with Gasteiger partial charge >= 0.3 is 0 Å². The summed E-state index contributed by atoms with van der Waals surface area (Å²) in [7, 11) is 6.70. The van der Waals surface area contributed by atoms with Crippen molar-refractivity contribution in [3.63, 3.8) is 0 Å². The third kappa shape index (κ3) is 4.04. The van der Waals surface area contributed by atoms with E-state index in [0.717, 1.165) is 0 Å². The fourth-order valence-electron chi connectivity index (χ4n) is 3.61. The van der Waals surface area contributed by atoms with Gasteiger partial charge in [0.15, 0.2) is 0 Å². The Bertz CT molecular complexity index is 300. The Hall–Kier alpha value is -0.380. The molecule has 110 valence electrons. The van der Waals surface area contributed by atoms with Crippen LogP contribution in [0.25, 0.3) is 0 Å². The molecular weight excluding hydrogens is 234 g/mol. The minimum absolute atomic E-state index is 0.531. The molecule has 2 unspecified atom stereocenters. The largest absolute Gasteiger partial charge is 0.312 e. The molecule has 1 fully saturated rings. The molecule has 3 nitrogen and oxygen atoms in total. The number of hydrogen-bond acceptors (Lipinski definition) is 3. The summed E-state index contributed by atoms with van der Waals surface area (Å²) in [4.78, 5) is 5.06. The molecule has 1 aliphatic heterocycles. The van der Waals surface area contributed by atoms with Crippen molar-refractivity contribution in [3.05, 3.63) is 11.6 Å². The van der Waals surface area contributed by atoms with Gasteiger partial charge in [0.05, 0.1) is 0 Å². The Morgan fingerprint density at radius 2 is 2.00 bits per heavy atom. The van der Waals surface area contributed by atoms with Crippen LogP contribution in [0.3, 0.4) is 0 Å². The maximum absolute atomic E-state index is 3.61. The summed E-state index contributed by atoms with van der Waals surface area (Å²) in [6.07, 6.45) is 10.5. The van der Waals surface area contributed by atoms with Crippen LogP contribution < -0.4 is 5.32 Å². The van der Waals surface area contributed by atoms with E-state index < -0.39 is 0 Å². The highest BCUT2D eigenvalue weighted by Gasteiger charge is 2.29. The first-order chi connectivity index (χ1) is 9.22. The van der Waals surface area contributed by atoms with Gasteiger partial charge in [-0.2, -0.15) is 0 Å². The SMILES string of the molecule is CNC(C1=CCCCCC1)C1CN(C)CCCN1C. The van der Waals surface area contributed by atoms with Crippen LogP contribution in [0.1, 0.15) is 38.5 Å². The second-order valence-corrected chi connectivity index (χ2v) is 6.31. The number of likely N-dealkylation sites (N-methyl/N-ethyl adjacent to an activating group) is 3. The molecule has 19 heavy (non-hydrogen) atoms. The van der Waals surface area contributed by atoms with Crippen molar-refractivity contribution in [3.8, 4) is 0 Å². The monoisotopic (exact) mass is 265 g/mol. The summed E-state index contributed by atoms with van der Waals surface area (Å²) in [6, 6.07) is 1.14. The van der Waals surface area contributed by atoms with Gasteiger partial charge in [0.25, 0.3) is 0 Å². The number of nitrogens with zero attached hydrogens (tertiary/aromatic N) is 2. The molecule has 1 N–H and O–H groups in total. The van der Waals surface area contributed by atoms with Crippen LogP contribution in [0.15, 0.2) is 11.6 Å².